The number of hydrogen-bond donors (Lipinski definition) is 0. The summed E-state index contributed by atoms with van der Waals surface area (Å²) in [6.45, 7) is 6.78. The number of carbonyl (C=O) groups excluding carboxylic acids is 2. The molecule has 1 amide bonds. The summed E-state index contributed by atoms with van der Waals surface area (Å²) in [4.78, 5) is 25.9. The van der Waals surface area contributed by atoms with Gasteiger partial charge in [-0.2, -0.15) is 0 Å². The molecule has 1 aliphatic rings. The number of carbonyl (C=O) groups is 2. The summed E-state index contributed by atoms with van der Waals surface area (Å²) >= 11 is 0. The van der Waals surface area contributed by atoms with E-state index < -0.39 is 0 Å². The van der Waals surface area contributed by atoms with Gasteiger partial charge in [-0.1, -0.05) is 51.1 Å². The first-order valence-corrected chi connectivity index (χ1v) is 7.27. The number of ether oxygens (including phenoxy) is 1. The fraction of sp³-hybridized carbons (Fsp3) is 0.529. The summed E-state index contributed by atoms with van der Waals surface area (Å²) in [5.74, 6) is -0.628. The van der Waals surface area contributed by atoms with Crippen molar-refractivity contribution in [1.82, 2.24) is 4.90 Å². The summed E-state index contributed by atoms with van der Waals surface area (Å²) in [6, 6.07) is 9.95. The standard InChI is InChI=1S/C17H23NO3/c1-17(2,3)15(12-8-6-5-7-9-12)18-11-13(10-14(18)19)16(20)21-4/h5-9,13,15H,10-11H2,1-4H3. The van der Waals surface area contributed by atoms with Crippen molar-refractivity contribution in [3.8, 4) is 0 Å². The second-order valence-corrected chi connectivity index (χ2v) is 6.65. The number of likely N-dealkylation sites (tertiary alicyclic amines) is 1. The fourth-order valence-electron chi connectivity index (χ4n) is 3.09. The van der Waals surface area contributed by atoms with Crippen LogP contribution >= 0.6 is 0 Å². The minimum Gasteiger partial charge on any atom is -0.469 e. The normalized spacial score (nSPS) is 20.5. The smallest absolute Gasteiger partial charge is 0.310 e. The zero-order valence-corrected chi connectivity index (χ0v) is 13.1. The van der Waals surface area contributed by atoms with Crippen molar-refractivity contribution in [3.63, 3.8) is 0 Å². The van der Waals surface area contributed by atoms with E-state index in [1.165, 1.54) is 7.11 Å². The molecule has 1 heterocycles. The molecule has 0 saturated carbocycles. The molecule has 0 N–H and O–H groups in total. The van der Waals surface area contributed by atoms with Crippen LogP contribution in [0.4, 0.5) is 0 Å². The molecular weight excluding hydrogens is 266 g/mol. The van der Waals surface area contributed by atoms with E-state index in [0.29, 0.717) is 6.54 Å². The molecule has 0 aliphatic carbocycles. The molecule has 2 unspecified atom stereocenters. The van der Waals surface area contributed by atoms with Crippen LogP contribution in [0, 0.1) is 11.3 Å². The Morgan fingerprint density at radius 3 is 2.43 bits per heavy atom. The van der Waals surface area contributed by atoms with E-state index in [1.54, 1.807) is 0 Å². The maximum Gasteiger partial charge on any atom is 0.310 e. The van der Waals surface area contributed by atoms with Crippen LogP contribution in [0.2, 0.25) is 0 Å². The largest absolute Gasteiger partial charge is 0.469 e. The van der Waals surface area contributed by atoms with Gasteiger partial charge in [-0.3, -0.25) is 9.59 Å². The van der Waals surface area contributed by atoms with Crippen LogP contribution in [0.3, 0.4) is 0 Å². The summed E-state index contributed by atoms with van der Waals surface area (Å²) < 4.78 is 4.78. The van der Waals surface area contributed by atoms with Gasteiger partial charge in [0.15, 0.2) is 0 Å². The van der Waals surface area contributed by atoms with Gasteiger partial charge in [0.05, 0.1) is 19.1 Å². The second kappa shape index (κ2) is 5.88. The number of methoxy groups -OCH3 is 1. The molecule has 1 saturated heterocycles. The average Bonchev–Trinajstić information content (AvgIpc) is 2.80. The molecule has 2 rings (SSSR count). The highest BCUT2D eigenvalue weighted by atomic mass is 16.5. The maximum absolute atomic E-state index is 12.4. The average molecular weight is 289 g/mol. The summed E-state index contributed by atoms with van der Waals surface area (Å²) in [5, 5.41) is 0. The molecule has 0 aromatic heterocycles. The fourth-order valence-corrected chi connectivity index (χ4v) is 3.09. The van der Waals surface area contributed by atoms with Crippen LogP contribution in [0.5, 0.6) is 0 Å². The Labute approximate surface area is 126 Å². The van der Waals surface area contributed by atoms with Crippen LogP contribution in [-0.4, -0.2) is 30.4 Å². The zero-order chi connectivity index (χ0) is 15.6. The molecule has 0 radical (unpaired) electrons. The van der Waals surface area contributed by atoms with Gasteiger partial charge >= 0.3 is 5.97 Å². The number of esters is 1. The van der Waals surface area contributed by atoms with Crippen LogP contribution in [-0.2, 0) is 14.3 Å². The highest BCUT2D eigenvalue weighted by molar-refractivity contribution is 5.87. The molecule has 1 aromatic carbocycles. The van der Waals surface area contributed by atoms with E-state index in [2.05, 4.69) is 20.8 Å². The van der Waals surface area contributed by atoms with Crippen LogP contribution < -0.4 is 0 Å². The topological polar surface area (TPSA) is 46.6 Å². The lowest BCUT2D eigenvalue weighted by atomic mass is 9.81. The Balaban J connectivity index is 2.31. The van der Waals surface area contributed by atoms with Gasteiger partial charge in [0.1, 0.15) is 0 Å². The SMILES string of the molecule is COC(=O)C1CC(=O)N(C(c2ccccc2)C(C)(C)C)C1. The van der Waals surface area contributed by atoms with E-state index in [-0.39, 0.29) is 35.7 Å². The number of nitrogens with zero attached hydrogens (tertiary/aromatic N) is 1. The molecule has 1 aliphatic heterocycles. The Hall–Kier alpha value is -1.84. The monoisotopic (exact) mass is 289 g/mol. The van der Waals surface area contributed by atoms with Crippen molar-refractivity contribution in [1.29, 1.82) is 0 Å². The Kier molecular flexibility index (Phi) is 4.35. The molecular formula is C17H23NO3. The van der Waals surface area contributed by atoms with Gasteiger partial charge < -0.3 is 9.64 Å². The zero-order valence-electron chi connectivity index (χ0n) is 13.1. The lowest BCUT2D eigenvalue weighted by molar-refractivity contribution is -0.145. The first-order chi connectivity index (χ1) is 9.84. The maximum atomic E-state index is 12.4. The summed E-state index contributed by atoms with van der Waals surface area (Å²) in [6.07, 6.45) is 0.242. The van der Waals surface area contributed by atoms with E-state index in [4.69, 9.17) is 4.74 Å². The van der Waals surface area contributed by atoms with Gasteiger partial charge in [0, 0.05) is 13.0 Å². The second-order valence-electron chi connectivity index (χ2n) is 6.65. The molecule has 0 bridgehead atoms. The predicted molar refractivity (Wildman–Crippen MR) is 80.5 cm³/mol. The quantitative estimate of drug-likeness (QED) is 0.804. The number of amides is 1. The minimum atomic E-state index is -0.351. The van der Waals surface area contributed by atoms with E-state index in [9.17, 15) is 9.59 Å². The van der Waals surface area contributed by atoms with Gasteiger partial charge in [0.2, 0.25) is 5.91 Å². The Morgan fingerprint density at radius 2 is 1.90 bits per heavy atom. The van der Waals surface area contributed by atoms with Crippen molar-refractivity contribution >= 4 is 11.9 Å². The van der Waals surface area contributed by atoms with Crippen LogP contribution in [0.25, 0.3) is 0 Å². The molecule has 1 fully saturated rings. The van der Waals surface area contributed by atoms with Gasteiger partial charge in [0.25, 0.3) is 0 Å². The Morgan fingerprint density at radius 1 is 1.29 bits per heavy atom. The van der Waals surface area contributed by atoms with E-state index >= 15 is 0 Å². The van der Waals surface area contributed by atoms with Gasteiger partial charge in [-0.05, 0) is 11.0 Å². The highest BCUT2D eigenvalue weighted by Crippen LogP contribution is 2.41. The van der Waals surface area contributed by atoms with Crippen molar-refractivity contribution in [2.24, 2.45) is 11.3 Å². The van der Waals surface area contributed by atoms with Gasteiger partial charge in [-0.25, -0.2) is 0 Å². The lowest BCUT2D eigenvalue weighted by Crippen LogP contribution is -2.38. The van der Waals surface area contributed by atoms with Gasteiger partial charge in [-0.15, -0.1) is 0 Å². The molecule has 0 spiro atoms. The molecule has 1 aromatic rings. The van der Waals surface area contributed by atoms with Crippen molar-refractivity contribution in [3.05, 3.63) is 35.9 Å². The van der Waals surface area contributed by atoms with Crippen molar-refractivity contribution in [2.45, 2.75) is 33.2 Å². The molecule has 4 nitrogen and oxygen atoms in total. The predicted octanol–water partition coefficient (Wildman–Crippen LogP) is 2.80. The number of hydrogen-bond acceptors (Lipinski definition) is 3. The summed E-state index contributed by atoms with van der Waals surface area (Å²) in [7, 11) is 1.37. The molecule has 4 heteroatoms. The first-order valence-electron chi connectivity index (χ1n) is 7.27. The third kappa shape index (κ3) is 3.26. The van der Waals surface area contributed by atoms with Crippen LogP contribution in [0.15, 0.2) is 30.3 Å². The van der Waals surface area contributed by atoms with Crippen molar-refractivity contribution in [2.75, 3.05) is 13.7 Å². The third-order valence-corrected chi connectivity index (χ3v) is 3.94. The number of benzene rings is 1. The molecule has 114 valence electrons. The van der Waals surface area contributed by atoms with Crippen molar-refractivity contribution < 1.29 is 14.3 Å². The third-order valence-electron chi connectivity index (χ3n) is 3.94. The number of rotatable bonds is 3. The molecule has 21 heavy (non-hydrogen) atoms. The lowest BCUT2D eigenvalue weighted by Gasteiger charge is -2.38. The molecule has 2 atom stereocenters. The first kappa shape index (κ1) is 15.5. The minimum absolute atomic E-state index is 0.0224. The van der Waals surface area contributed by atoms with E-state index in [0.717, 1.165) is 5.56 Å². The highest BCUT2D eigenvalue weighted by Gasteiger charge is 2.42. The van der Waals surface area contributed by atoms with E-state index in [1.807, 2.05) is 35.2 Å². The Bertz CT molecular complexity index is 519. The van der Waals surface area contributed by atoms with Crippen LogP contribution in [0.1, 0.15) is 38.8 Å². The summed E-state index contributed by atoms with van der Waals surface area (Å²) in [5.41, 5.74) is 0.992.